The molecule has 0 bridgehead atoms. The highest BCUT2D eigenvalue weighted by molar-refractivity contribution is 5.62. The van der Waals surface area contributed by atoms with Gasteiger partial charge in [-0.1, -0.05) is 5.21 Å². The number of benzene rings is 1. The van der Waals surface area contributed by atoms with E-state index in [0.29, 0.717) is 11.6 Å². The van der Waals surface area contributed by atoms with Crippen LogP contribution in [0, 0.1) is 5.82 Å². The van der Waals surface area contributed by atoms with Crippen LogP contribution in [0.15, 0.2) is 12.1 Å². The molecule has 0 spiro atoms. The number of aromatic nitrogens is 4. The van der Waals surface area contributed by atoms with Crippen LogP contribution in [-0.2, 0) is 0 Å². The van der Waals surface area contributed by atoms with Crippen molar-refractivity contribution in [2.75, 3.05) is 18.2 Å². The number of nitrogens with one attached hydrogen (secondary N) is 2. The molecule has 0 fully saturated rings. The molecule has 1 unspecified atom stereocenters. The molecule has 0 saturated carbocycles. The topological polar surface area (TPSA) is 102 Å². The molecule has 0 saturated heterocycles. The van der Waals surface area contributed by atoms with Crippen LogP contribution in [0.5, 0.6) is 5.75 Å². The van der Waals surface area contributed by atoms with Gasteiger partial charge < -0.3 is 15.8 Å². The van der Waals surface area contributed by atoms with Gasteiger partial charge >= 0.3 is 0 Å². The highest BCUT2D eigenvalue weighted by Gasteiger charge is 2.14. The van der Waals surface area contributed by atoms with Gasteiger partial charge in [0.1, 0.15) is 11.6 Å². The minimum absolute atomic E-state index is 0.243. The molecule has 1 aromatic carbocycles. The van der Waals surface area contributed by atoms with Crippen molar-refractivity contribution in [2.45, 2.75) is 13.0 Å². The number of nitrogens with two attached hydrogens (primary N) is 1. The van der Waals surface area contributed by atoms with Crippen molar-refractivity contribution in [3.05, 3.63) is 23.8 Å². The number of hydrogen-bond donors (Lipinski definition) is 3. The Bertz CT molecular complexity index is 529. The van der Waals surface area contributed by atoms with E-state index < -0.39 is 5.82 Å². The van der Waals surface area contributed by atoms with Crippen molar-refractivity contribution >= 4 is 11.4 Å². The summed E-state index contributed by atoms with van der Waals surface area (Å²) in [6.07, 6.45) is 0. The van der Waals surface area contributed by atoms with Gasteiger partial charge in [-0.05, 0) is 6.92 Å². The van der Waals surface area contributed by atoms with Crippen LogP contribution < -0.4 is 15.8 Å². The molecule has 0 amide bonds. The Labute approximate surface area is 103 Å². The summed E-state index contributed by atoms with van der Waals surface area (Å²) in [6, 6.07) is 2.39. The Hall–Kier alpha value is -2.38. The number of nitrogen functional groups attached to an aromatic ring is 1. The highest BCUT2D eigenvalue weighted by Crippen LogP contribution is 2.29. The highest BCUT2D eigenvalue weighted by atomic mass is 19.1. The minimum atomic E-state index is -0.469. The number of ether oxygens (including phenoxy) is 1. The van der Waals surface area contributed by atoms with Crippen LogP contribution in [0.1, 0.15) is 18.8 Å². The summed E-state index contributed by atoms with van der Waals surface area (Å²) < 4.78 is 18.7. The predicted octanol–water partition coefficient (Wildman–Crippen LogP) is 1.10. The SMILES string of the molecule is COc1cc(NC(C)c2nn[nH]n2)c(F)cc1N. The Morgan fingerprint density at radius 2 is 2.28 bits per heavy atom. The van der Waals surface area contributed by atoms with E-state index in [4.69, 9.17) is 10.5 Å². The van der Waals surface area contributed by atoms with Crippen molar-refractivity contribution in [2.24, 2.45) is 0 Å². The molecule has 1 aromatic heterocycles. The third kappa shape index (κ3) is 2.31. The Balaban J connectivity index is 2.23. The molecule has 1 heterocycles. The van der Waals surface area contributed by atoms with Gasteiger partial charge in [0.05, 0.1) is 24.5 Å². The van der Waals surface area contributed by atoms with Gasteiger partial charge in [0, 0.05) is 12.1 Å². The van der Waals surface area contributed by atoms with Crippen LogP contribution in [0.3, 0.4) is 0 Å². The average molecular weight is 252 g/mol. The number of anilines is 2. The lowest BCUT2D eigenvalue weighted by molar-refractivity contribution is 0.416. The molecule has 2 rings (SSSR count). The molecular formula is C10H13FN6O. The normalized spacial score (nSPS) is 12.2. The molecule has 0 aliphatic heterocycles. The fraction of sp³-hybridized carbons (Fsp3) is 0.300. The number of tetrazole rings is 1. The van der Waals surface area contributed by atoms with Crippen molar-refractivity contribution in [1.29, 1.82) is 0 Å². The lowest BCUT2D eigenvalue weighted by Crippen LogP contribution is -2.10. The van der Waals surface area contributed by atoms with E-state index in [9.17, 15) is 4.39 Å². The Morgan fingerprint density at radius 1 is 1.50 bits per heavy atom. The zero-order valence-corrected chi connectivity index (χ0v) is 9.94. The van der Waals surface area contributed by atoms with Crippen molar-refractivity contribution in [1.82, 2.24) is 20.6 Å². The minimum Gasteiger partial charge on any atom is -0.495 e. The van der Waals surface area contributed by atoms with Crippen LogP contribution >= 0.6 is 0 Å². The van der Waals surface area contributed by atoms with E-state index in [1.807, 2.05) is 0 Å². The summed E-state index contributed by atoms with van der Waals surface area (Å²) in [6.45, 7) is 1.78. The number of hydrogen-bond acceptors (Lipinski definition) is 6. The maximum absolute atomic E-state index is 13.7. The third-order valence-electron chi connectivity index (χ3n) is 2.44. The van der Waals surface area contributed by atoms with Crippen molar-refractivity contribution in [3.63, 3.8) is 0 Å². The van der Waals surface area contributed by atoms with Gasteiger partial charge in [-0.2, -0.15) is 5.21 Å². The van der Waals surface area contributed by atoms with E-state index in [1.54, 1.807) is 6.92 Å². The Morgan fingerprint density at radius 3 is 2.89 bits per heavy atom. The monoisotopic (exact) mass is 252 g/mol. The van der Waals surface area contributed by atoms with Gasteiger partial charge in [-0.25, -0.2) is 4.39 Å². The fourth-order valence-corrected chi connectivity index (χ4v) is 1.51. The molecule has 2 aromatic rings. The summed E-state index contributed by atoms with van der Waals surface area (Å²) in [5.74, 6) is 0.369. The van der Waals surface area contributed by atoms with E-state index in [0.717, 1.165) is 0 Å². The summed E-state index contributed by atoms with van der Waals surface area (Å²) in [4.78, 5) is 0. The maximum atomic E-state index is 13.7. The molecule has 0 radical (unpaired) electrons. The first-order valence-corrected chi connectivity index (χ1v) is 5.24. The van der Waals surface area contributed by atoms with Gasteiger partial charge in [-0.3, -0.25) is 0 Å². The van der Waals surface area contributed by atoms with E-state index in [-0.39, 0.29) is 17.4 Å². The van der Waals surface area contributed by atoms with E-state index >= 15 is 0 Å². The van der Waals surface area contributed by atoms with Crippen LogP contribution in [0.25, 0.3) is 0 Å². The standard InChI is InChI=1S/C10H13FN6O/c1-5(10-14-16-17-15-10)13-8-4-9(18-2)7(12)3-6(8)11/h3-5,13H,12H2,1-2H3,(H,14,15,16,17). The first-order chi connectivity index (χ1) is 8.61. The summed E-state index contributed by atoms with van der Waals surface area (Å²) in [5.41, 5.74) is 6.10. The average Bonchev–Trinajstić information content (AvgIpc) is 2.86. The molecular weight excluding hydrogens is 239 g/mol. The van der Waals surface area contributed by atoms with Gasteiger partial charge in [0.15, 0.2) is 5.82 Å². The number of H-pyrrole nitrogens is 1. The largest absolute Gasteiger partial charge is 0.495 e. The Kier molecular flexibility index (Phi) is 3.26. The molecule has 96 valence electrons. The predicted molar refractivity (Wildman–Crippen MR) is 63.6 cm³/mol. The second-order valence-corrected chi connectivity index (χ2v) is 3.71. The molecule has 4 N–H and O–H groups in total. The fourth-order valence-electron chi connectivity index (χ4n) is 1.51. The number of nitrogens with zero attached hydrogens (tertiary/aromatic N) is 3. The molecule has 7 nitrogen and oxygen atoms in total. The first-order valence-electron chi connectivity index (χ1n) is 5.24. The quantitative estimate of drug-likeness (QED) is 0.704. The maximum Gasteiger partial charge on any atom is 0.196 e. The van der Waals surface area contributed by atoms with E-state index in [2.05, 4.69) is 25.9 Å². The summed E-state index contributed by atoms with van der Waals surface area (Å²) in [7, 11) is 1.47. The number of aromatic amines is 1. The summed E-state index contributed by atoms with van der Waals surface area (Å²) >= 11 is 0. The van der Waals surface area contributed by atoms with Crippen LogP contribution in [-0.4, -0.2) is 27.7 Å². The van der Waals surface area contributed by atoms with Crippen LogP contribution in [0.4, 0.5) is 15.8 Å². The molecule has 8 heteroatoms. The van der Waals surface area contributed by atoms with Gasteiger partial charge in [0.2, 0.25) is 0 Å². The zero-order chi connectivity index (χ0) is 13.1. The van der Waals surface area contributed by atoms with Gasteiger partial charge in [0.25, 0.3) is 0 Å². The van der Waals surface area contributed by atoms with Gasteiger partial charge in [-0.15, -0.1) is 10.2 Å². The second-order valence-electron chi connectivity index (χ2n) is 3.71. The first kappa shape index (κ1) is 12.1. The second kappa shape index (κ2) is 4.86. The number of methoxy groups -OCH3 is 1. The lowest BCUT2D eigenvalue weighted by Gasteiger charge is -2.14. The summed E-state index contributed by atoms with van der Waals surface area (Å²) in [5, 5.41) is 16.3. The molecule has 0 aliphatic rings. The lowest BCUT2D eigenvalue weighted by atomic mass is 10.2. The molecule has 18 heavy (non-hydrogen) atoms. The molecule has 0 aliphatic carbocycles. The van der Waals surface area contributed by atoms with Crippen LogP contribution in [0.2, 0.25) is 0 Å². The van der Waals surface area contributed by atoms with Crippen molar-refractivity contribution < 1.29 is 9.13 Å². The smallest absolute Gasteiger partial charge is 0.196 e. The zero-order valence-electron chi connectivity index (χ0n) is 9.94. The van der Waals surface area contributed by atoms with E-state index in [1.165, 1.54) is 19.2 Å². The third-order valence-corrected chi connectivity index (χ3v) is 2.44. The number of rotatable bonds is 4. The van der Waals surface area contributed by atoms with Crippen molar-refractivity contribution in [3.8, 4) is 5.75 Å². The molecule has 1 atom stereocenters. The number of halogens is 1.